The Morgan fingerprint density at radius 3 is 2.55 bits per heavy atom. The van der Waals surface area contributed by atoms with Crippen molar-refractivity contribution < 1.29 is 9.47 Å². The van der Waals surface area contributed by atoms with Crippen LogP contribution < -0.4 is 20.7 Å². The van der Waals surface area contributed by atoms with Crippen molar-refractivity contribution in [3.63, 3.8) is 0 Å². The normalized spacial score (nSPS) is 12.0. The summed E-state index contributed by atoms with van der Waals surface area (Å²) in [6.45, 7) is 2.00. The molecule has 5 nitrogen and oxygen atoms in total. The van der Waals surface area contributed by atoms with Crippen LogP contribution >= 0.6 is 0 Å². The van der Waals surface area contributed by atoms with E-state index in [1.54, 1.807) is 26.6 Å². The summed E-state index contributed by atoms with van der Waals surface area (Å²) in [4.78, 5) is 4.16. The van der Waals surface area contributed by atoms with Gasteiger partial charge in [0.2, 0.25) is 0 Å². The highest BCUT2D eigenvalue weighted by Gasteiger charge is 2.15. The highest BCUT2D eigenvalue weighted by molar-refractivity contribution is 5.41. The van der Waals surface area contributed by atoms with Crippen LogP contribution in [0.25, 0.3) is 0 Å². The Balaban J connectivity index is 2.41. The van der Waals surface area contributed by atoms with Crippen LogP contribution in [-0.2, 0) is 0 Å². The van der Waals surface area contributed by atoms with E-state index in [2.05, 4.69) is 10.4 Å². The maximum absolute atomic E-state index is 5.70. The zero-order chi connectivity index (χ0) is 14.5. The number of nitrogens with zero attached hydrogens (tertiary/aromatic N) is 1. The molecule has 2 aromatic rings. The van der Waals surface area contributed by atoms with Gasteiger partial charge >= 0.3 is 0 Å². The summed E-state index contributed by atoms with van der Waals surface area (Å²) in [5.41, 5.74) is 5.82. The number of methoxy groups -OCH3 is 2. The number of ether oxygens (including phenoxy) is 2. The number of nitrogens with one attached hydrogen (secondary N) is 1. The number of hydrogen-bond acceptors (Lipinski definition) is 5. The molecule has 1 aromatic carbocycles. The Kier molecular flexibility index (Phi) is 4.55. The van der Waals surface area contributed by atoms with E-state index in [1.165, 1.54) is 0 Å². The van der Waals surface area contributed by atoms with Crippen LogP contribution in [0.15, 0.2) is 36.7 Å². The van der Waals surface area contributed by atoms with Crippen molar-refractivity contribution in [1.82, 2.24) is 10.4 Å². The van der Waals surface area contributed by atoms with Gasteiger partial charge in [-0.2, -0.15) is 0 Å². The molecule has 1 aromatic heterocycles. The first-order valence-electron chi connectivity index (χ1n) is 6.29. The molecular weight excluding hydrogens is 254 g/mol. The van der Waals surface area contributed by atoms with E-state index in [0.717, 1.165) is 22.4 Å². The Morgan fingerprint density at radius 1 is 1.10 bits per heavy atom. The third-order valence-electron chi connectivity index (χ3n) is 3.24. The summed E-state index contributed by atoms with van der Waals surface area (Å²) in [6.07, 6.45) is 3.42. The van der Waals surface area contributed by atoms with Crippen molar-refractivity contribution in [2.75, 3.05) is 14.2 Å². The molecule has 0 aliphatic carbocycles. The first-order valence-corrected chi connectivity index (χ1v) is 6.29. The predicted molar refractivity (Wildman–Crippen MR) is 77.7 cm³/mol. The molecule has 1 heterocycles. The zero-order valence-corrected chi connectivity index (χ0v) is 11.9. The summed E-state index contributed by atoms with van der Waals surface area (Å²) in [7, 11) is 3.27. The quantitative estimate of drug-likeness (QED) is 0.644. The Bertz CT molecular complexity index is 587. The number of pyridine rings is 1. The standard InChI is InChI=1S/C15H19N3O2/c1-10-4-5-11(7-14(10)20-3)15(18-16)12-6-13(19-2)9-17-8-12/h4-9,15,18H,16H2,1-3H3. The maximum Gasteiger partial charge on any atom is 0.137 e. The first kappa shape index (κ1) is 14.3. The topological polar surface area (TPSA) is 69.4 Å². The van der Waals surface area contributed by atoms with E-state index in [1.807, 2.05) is 31.2 Å². The molecule has 1 atom stereocenters. The fraction of sp³-hybridized carbons (Fsp3) is 0.267. The van der Waals surface area contributed by atoms with Crippen molar-refractivity contribution in [1.29, 1.82) is 0 Å². The molecular formula is C15H19N3O2. The summed E-state index contributed by atoms with van der Waals surface area (Å²) in [6, 6.07) is 7.73. The molecule has 5 heteroatoms. The fourth-order valence-electron chi connectivity index (χ4n) is 2.11. The number of hydrazine groups is 1. The number of aryl methyl sites for hydroxylation is 1. The van der Waals surface area contributed by atoms with Gasteiger partial charge in [-0.25, -0.2) is 5.43 Å². The zero-order valence-electron chi connectivity index (χ0n) is 11.9. The number of rotatable bonds is 5. The molecule has 2 rings (SSSR count). The van der Waals surface area contributed by atoms with Crippen molar-refractivity contribution in [2.45, 2.75) is 13.0 Å². The lowest BCUT2D eigenvalue weighted by Gasteiger charge is -2.18. The van der Waals surface area contributed by atoms with E-state index in [0.29, 0.717) is 5.75 Å². The van der Waals surface area contributed by atoms with Crippen LogP contribution in [0.3, 0.4) is 0 Å². The molecule has 0 radical (unpaired) electrons. The fourth-order valence-corrected chi connectivity index (χ4v) is 2.11. The molecule has 0 bridgehead atoms. The average molecular weight is 273 g/mol. The van der Waals surface area contributed by atoms with Crippen LogP contribution in [0.2, 0.25) is 0 Å². The number of nitrogens with two attached hydrogens (primary N) is 1. The smallest absolute Gasteiger partial charge is 0.137 e. The minimum atomic E-state index is -0.174. The van der Waals surface area contributed by atoms with Crippen LogP contribution in [0.1, 0.15) is 22.7 Å². The van der Waals surface area contributed by atoms with Gasteiger partial charge in [-0.15, -0.1) is 0 Å². The molecule has 0 saturated carbocycles. The van der Waals surface area contributed by atoms with Gasteiger partial charge in [0.05, 0.1) is 26.5 Å². The van der Waals surface area contributed by atoms with Gasteiger partial charge in [0.1, 0.15) is 11.5 Å². The molecule has 20 heavy (non-hydrogen) atoms. The third kappa shape index (κ3) is 2.89. The second kappa shape index (κ2) is 6.36. The number of benzene rings is 1. The summed E-state index contributed by atoms with van der Waals surface area (Å²) in [5.74, 6) is 7.23. The molecule has 0 amide bonds. The lowest BCUT2D eigenvalue weighted by molar-refractivity contribution is 0.409. The summed E-state index contributed by atoms with van der Waals surface area (Å²) >= 11 is 0. The van der Waals surface area contributed by atoms with Gasteiger partial charge in [0, 0.05) is 6.20 Å². The molecule has 0 aliphatic rings. The molecule has 3 N–H and O–H groups in total. The highest BCUT2D eigenvalue weighted by Crippen LogP contribution is 2.28. The van der Waals surface area contributed by atoms with Crippen LogP contribution in [-0.4, -0.2) is 19.2 Å². The van der Waals surface area contributed by atoms with Crippen LogP contribution in [0.4, 0.5) is 0 Å². The van der Waals surface area contributed by atoms with Gasteiger partial charge < -0.3 is 9.47 Å². The second-order valence-electron chi connectivity index (χ2n) is 4.49. The Hall–Kier alpha value is -2.11. The number of hydrogen-bond donors (Lipinski definition) is 2. The molecule has 0 fully saturated rings. The number of aromatic nitrogens is 1. The highest BCUT2D eigenvalue weighted by atomic mass is 16.5. The van der Waals surface area contributed by atoms with Gasteiger partial charge in [-0.1, -0.05) is 12.1 Å². The molecule has 0 spiro atoms. The van der Waals surface area contributed by atoms with E-state index in [4.69, 9.17) is 15.3 Å². The summed E-state index contributed by atoms with van der Waals surface area (Å²) in [5, 5.41) is 0. The van der Waals surface area contributed by atoms with E-state index in [-0.39, 0.29) is 6.04 Å². The SMILES string of the molecule is COc1cncc(C(NN)c2ccc(C)c(OC)c2)c1. The Labute approximate surface area is 118 Å². The van der Waals surface area contributed by atoms with Crippen molar-refractivity contribution in [3.8, 4) is 11.5 Å². The maximum atomic E-state index is 5.70. The second-order valence-corrected chi connectivity index (χ2v) is 4.49. The monoisotopic (exact) mass is 273 g/mol. The predicted octanol–water partition coefficient (Wildman–Crippen LogP) is 1.96. The van der Waals surface area contributed by atoms with Gasteiger partial charge in [-0.05, 0) is 35.7 Å². The van der Waals surface area contributed by atoms with E-state index >= 15 is 0 Å². The lowest BCUT2D eigenvalue weighted by atomic mass is 9.99. The van der Waals surface area contributed by atoms with Gasteiger partial charge in [0.25, 0.3) is 0 Å². The van der Waals surface area contributed by atoms with Crippen LogP contribution in [0.5, 0.6) is 11.5 Å². The lowest BCUT2D eigenvalue weighted by Crippen LogP contribution is -2.29. The minimum Gasteiger partial charge on any atom is -0.496 e. The van der Waals surface area contributed by atoms with E-state index < -0.39 is 0 Å². The minimum absolute atomic E-state index is 0.174. The van der Waals surface area contributed by atoms with Crippen molar-refractivity contribution >= 4 is 0 Å². The largest absolute Gasteiger partial charge is 0.496 e. The van der Waals surface area contributed by atoms with Crippen molar-refractivity contribution in [3.05, 3.63) is 53.3 Å². The average Bonchev–Trinajstić information content (AvgIpc) is 2.50. The van der Waals surface area contributed by atoms with Crippen molar-refractivity contribution in [2.24, 2.45) is 5.84 Å². The van der Waals surface area contributed by atoms with Gasteiger partial charge in [0.15, 0.2) is 0 Å². The molecule has 0 aliphatic heterocycles. The summed E-state index contributed by atoms with van der Waals surface area (Å²) < 4.78 is 10.5. The van der Waals surface area contributed by atoms with E-state index in [9.17, 15) is 0 Å². The third-order valence-corrected chi connectivity index (χ3v) is 3.24. The van der Waals surface area contributed by atoms with Crippen LogP contribution in [0, 0.1) is 6.92 Å². The molecule has 1 unspecified atom stereocenters. The van der Waals surface area contributed by atoms with Gasteiger partial charge in [-0.3, -0.25) is 10.8 Å². The first-order chi connectivity index (χ1) is 9.69. The Morgan fingerprint density at radius 2 is 1.90 bits per heavy atom. The molecule has 106 valence electrons. The molecule has 0 saturated heterocycles.